The van der Waals surface area contributed by atoms with Gasteiger partial charge in [0, 0.05) is 45.8 Å². The van der Waals surface area contributed by atoms with E-state index in [1.54, 1.807) is 0 Å². The van der Waals surface area contributed by atoms with Gasteiger partial charge in [0.25, 0.3) is 0 Å². The van der Waals surface area contributed by atoms with E-state index in [4.69, 9.17) is 5.26 Å². The number of likely N-dealkylation sites (tertiary alicyclic amines) is 1. The lowest BCUT2D eigenvalue weighted by atomic mass is 10.1. The van der Waals surface area contributed by atoms with Gasteiger partial charge >= 0.3 is 0 Å². The minimum Gasteiger partial charge on any atom is -0.352 e. The summed E-state index contributed by atoms with van der Waals surface area (Å²) in [5, 5.41) is 12.4. The van der Waals surface area contributed by atoms with Crippen LogP contribution in [0.5, 0.6) is 0 Å². The molecule has 1 aromatic carbocycles. The Morgan fingerprint density at radius 3 is 2.96 bits per heavy atom. The number of nitrogens with zero attached hydrogens (tertiary/aromatic N) is 4. The van der Waals surface area contributed by atoms with Crippen LogP contribution in [-0.4, -0.2) is 55.0 Å². The minimum atomic E-state index is 0.616. The Morgan fingerprint density at radius 2 is 2.22 bits per heavy atom. The Bertz CT molecular complexity index is 635. The summed E-state index contributed by atoms with van der Waals surface area (Å²) < 4.78 is 0. The maximum absolute atomic E-state index is 8.98. The summed E-state index contributed by atoms with van der Waals surface area (Å²) >= 11 is 0. The van der Waals surface area contributed by atoms with Crippen LogP contribution in [0.3, 0.4) is 0 Å². The lowest BCUT2D eigenvalue weighted by molar-refractivity contribution is 0.259. The van der Waals surface area contributed by atoms with Gasteiger partial charge < -0.3 is 10.2 Å². The minimum absolute atomic E-state index is 0.616. The number of benzene rings is 1. The van der Waals surface area contributed by atoms with E-state index in [9.17, 15) is 0 Å². The standard InChI is InChI=1S/C18H23N5/c1-20-18(21-13-16-6-4-5-15(11-16)12-19)23-10-7-17(14-23)22-8-2-3-9-22/h2-6,11,17H,7-10,13-14H2,1H3,(H,20,21). The summed E-state index contributed by atoms with van der Waals surface area (Å²) in [6.45, 7) is 4.91. The third-order valence-corrected chi connectivity index (χ3v) is 4.54. The monoisotopic (exact) mass is 309 g/mol. The van der Waals surface area contributed by atoms with Gasteiger partial charge in [0.05, 0.1) is 11.6 Å². The van der Waals surface area contributed by atoms with Crippen LogP contribution in [0, 0.1) is 11.3 Å². The molecule has 0 amide bonds. The molecule has 2 heterocycles. The van der Waals surface area contributed by atoms with E-state index >= 15 is 0 Å². The molecule has 0 radical (unpaired) electrons. The highest BCUT2D eigenvalue weighted by molar-refractivity contribution is 5.80. The molecule has 1 aromatic rings. The van der Waals surface area contributed by atoms with Gasteiger partial charge in [-0.2, -0.15) is 5.26 Å². The summed E-state index contributed by atoms with van der Waals surface area (Å²) in [4.78, 5) is 9.27. The average molecular weight is 309 g/mol. The largest absolute Gasteiger partial charge is 0.352 e. The van der Waals surface area contributed by atoms with Crippen molar-refractivity contribution in [2.75, 3.05) is 33.2 Å². The lowest BCUT2D eigenvalue weighted by Crippen LogP contribution is -2.42. The van der Waals surface area contributed by atoms with Crippen LogP contribution in [0.2, 0.25) is 0 Å². The zero-order valence-electron chi connectivity index (χ0n) is 13.6. The van der Waals surface area contributed by atoms with E-state index in [-0.39, 0.29) is 0 Å². The van der Waals surface area contributed by atoms with Crippen LogP contribution < -0.4 is 5.32 Å². The highest BCUT2D eigenvalue weighted by atomic mass is 15.3. The predicted molar refractivity (Wildman–Crippen MR) is 92.0 cm³/mol. The van der Waals surface area contributed by atoms with Crippen molar-refractivity contribution >= 4 is 5.96 Å². The van der Waals surface area contributed by atoms with E-state index in [1.807, 2.05) is 31.3 Å². The second-order valence-corrected chi connectivity index (χ2v) is 6.03. The first-order chi connectivity index (χ1) is 11.3. The van der Waals surface area contributed by atoms with Crippen molar-refractivity contribution in [3.8, 4) is 6.07 Å². The van der Waals surface area contributed by atoms with Crippen molar-refractivity contribution in [2.45, 2.75) is 19.0 Å². The van der Waals surface area contributed by atoms with Gasteiger partial charge in [0.15, 0.2) is 5.96 Å². The summed E-state index contributed by atoms with van der Waals surface area (Å²) in [7, 11) is 1.83. The number of nitriles is 1. The number of hydrogen-bond donors (Lipinski definition) is 1. The van der Waals surface area contributed by atoms with Gasteiger partial charge in [-0.25, -0.2) is 0 Å². The molecule has 5 heteroatoms. The van der Waals surface area contributed by atoms with Crippen molar-refractivity contribution in [3.05, 3.63) is 47.5 Å². The number of hydrogen-bond acceptors (Lipinski definition) is 3. The molecule has 23 heavy (non-hydrogen) atoms. The fraction of sp³-hybridized carbons (Fsp3) is 0.444. The van der Waals surface area contributed by atoms with E-state index in [0.29, 0.717) is 18.2 Å². The molecule has 1 atom stereocenters. The van der Waals surface area contributed by atoms with E-state index < -0.39 is 0 Å². The molecule has 0 bridgehead atoms. The average Bonchev–Trinajstić information content (AvgIpc) is 3.27. The van der Waals surface area contributed by atoms with Gasteiger partial charge in [-0.05, 0) is 24.1 Å². The summed E-state index contributed by atoms with van der Waals surface area (Å²) in [5.41, 5.74) is 1.80. The van der Waals surface area contributed by atoms with Crippen molar-refractivity contribution in [3.63, 3.8) is 0 Å². The molecule has 2 aliphatic rings. The molecular formula is C18H23N5. The molecule has 0 aromatic heterocycles. The quantitative estimate of drug-likeness (QED) is 0.523. The zero-order valence-corrected chi connectivity index (χ0v) is 13.6. The Kier molecular flexibility index (Phi) is 4.94. The topological polar surface area (TPSA) is 54.7 Å². The van der Waals surface area contributed by atoms with Gasteiger partial charge in [-0.1, -0.05) is 24.3 Å². The molecule has 0 saturated carbocycles. The van der Waals surface area contributed by atoms with E-state index in [2.05, 4.69) is 38.3 Å². The van der Waals surface area contributed by atoms with Crippen LogP contribution in [0.4, 0.5) is 0 Å². The van der Waals surface area contributed by atoms with E-state index in [1.165, 1.54) is 6.42 Å². The van der Waals surface area contributed by atoms with Crippen molar-refractivity contribution in [1.82, 2.24) is 15.1 Å². The Hall–Kier alpha value is -2.32. The van der Waals surface area contributed by atoms with Crippen molar-refractivity contribution < 1.29 is 0 Å². The Balaban J connectivity index is 1.55. The fourth-order valence-corrected chi connectivity index (χ4v) is 3.29. The second kappa shape index (κ2) is 7.30. The molecule has 0 spiro atoms. The van der Waals surface area contributed by atoms with Gasteiger partial charge in [-0.3, -0.25) is 9.89 Å². The molecule has 120 valence electrons. The van der Waals surface area contributed by atoms with Gasteiger partial charge in [0.2, 0.25) is 0 Å². The fourth-order valence-electron chi connectivity index (χ4n) is 3.29. The lowest BCUT2D eigenvalue weighted by Gasteiger charge is -2.25. The van der Waals surface area contributed by atoms with Gasteiger partial charge in [-0.15, -0.1) is 0 Å². The normalized spacial score (nSPS) is 21.7. The first-order valence-corrected chi connectivity index (χ1v) is 8.14. The Morgan fingerprint density at radius 1 is 1.39 bits per heavy atom. The molecule has 1 fully saturated rings. The molecule has 1 N–H and O–H groups in total. The summed E-state index contributed by atoms with van der Waals surface area (Å²) in [6.07, 6.45) is 5.68. The molecule has 5 nitrogen and oxygen atoms in total. The highest BCUT2D eigenvalue weighted by Crippen LogP contribution is 2.18. The number of guanidine groups is 1. The molecule has 0 aliphatic carbocycles. The summed E-state index contributed by atoms with van der Waals surface area (Å²) in [6, 6.07) is 10.5. The number of nitrogens with one attached hydrogen (secondary N) is 1. The molecule has 1 saturated heterocycles. The number of aliphatic imine (C=N–C) groups is 1. The molecule has 3 rings (SSSR count). The third kappa shape index (κ3) is 3.72. The van der Waals surface area contributed by atoms with Crippen LogP contribution in [-0.2, 0) is 6.54 Å². The van der Waals surface area contributed by atoms with Crippen molar-refractivity contribution in [1.29, 1.82) is 5.26 Å². The molecule has 1 unspecified atom stereocenters. The van der Waals surface area contributed by atoms with Crippen LogP contribution in [0.1, 0.15) is 17.5 Å². The molecule has 2 aliphatic heterocycles. The highest BCUT2D eigenvalue weighted by Gasteiger charge is 2.29. The first kappa shape index (κ1) is 15.6. The predicted octanol–water partition coefficient (Wildman–Crippen LogP) is 1.58. The smallest absolute Gasteiger partial charge is 0.193 e. The van der Waals surface area contributed by atoms with Crippen LogP contribution in [0.15, 0.2) is 41.4 Å². The Labute approximate surface area is 137 Å². The van der Waals surface area contributed by atoms with Gasteiger partial charge in [0.1, 0.15) is 0 Å². The van der Waals surface area contributed by atoms with Crippen LogP contribution >= 0.6 is 0 Å². The maximum Gasteiger partial charge on any atom is 0.193 e. The number of rotatable bonds is 3. The maximum atomic E-state index is 8.98. The van der Waals surface area contributed by atoms with E-state index in [0.717, 1.165) is 37.7 Å². The summed E-state index contributed by atoms with van der Waals surface area (Å²) in [5.74, 6) is 0.946. The zero-order chi connectivity index (χ0) is 16.1. The molecular weight excluding hydrogens is 286 g/mol. The SMILES string of the molecule is CN=C(NCc1cccc(C#N)c1)N1CCC(N2CC=CC2)C1. The second-order valence-electron chi connectivity index (χ2n) is 6.03. The first-order valence-electron chi connectivity index (χ1n) is 8.14. The van der Waals surface area contributed by atoms with Crippen LogP contribution in [0.25, 0.3) is 0 Å². The third-order valence-electron chi connectivity index (χ3n) is 4.54. The van der Waals surface area contributed by atoms with Crippen molar-refractivity contribution in [2.24, 2.45) is 4.99 Å².